The number of unbranched alkanes of at least 4 members (excludes halogenated alkanes) is 2. The highest BCUT2D eigenvalue weighted by molar-refractivity contribution is 6.16. The second-order valence-electron chi connectivity index (χ2n) is 10.3. The summed E-state index contributed by atoms with van der Waals surface area (Å²) in [5.41, 5.74) is 1.18. The van der Waals surface area contributed by atoms with Gasteiger partial charge in [0.1, 0.15) is 0 Å². The lowest BCUT2D eigenvalue weighted by molar-refractivity contribution is -0.136. The Balaban J connectivity index is 1.13. The van der Waals surface area contributed by atoms with Gasteiger partial charge in [-0.05, 0) is 79.0 Å². The van der Waals surface area contributed by atoms with Gasteiger partial charge in [0.05, 0.1) is 40.1 Å². The van der Waals surface area contributed by atoms with Gasteiger partial charge in [0.25, 0.3) is 0 Å². The topological polar surface area (TPSA) is 83.5 Å². The van der Waals surface area contributed by atoms with Crippen molar-refractivity contribution in [1.29, 1.82) is 0 Å². The van der Waals surface area contributed by atoms with Crippen LogP contribution in [0, 0.1) is 11.8 Å². The quantitative estimate of drug-likeness (QED) is 0.0729. The number of hydrogen-bond acceptors (Lipinski definition) is 8. The van der Waals surface area contributed by atoms with Gasteiger partial charge in [0, 0.05) is 18.0 Å². The molecule has 44 heavy (non-hydrogen) atoms. The minimum atomic E-state index is -0.590. The molecule has 0 aliphatic carbocycles. The van der Waals surface area contributed by atoms with E-state index in [-0.39, 0.29) is 12.6 Å². The monoisotopic (exact) mass is 597 g/mol. The number of benzene rings is 4. The van der Waals surface area contributed by atoms with Crippen LogP contribution in [-0.4, -0.2) is 71.5 Å². The molecule has 0 aliphatic heterocycles. The summed E-state index contributed by atoms with van der Waals surface area (Å²) in [5, 5.41) is 3.88. The molecule has 0 heterocycles. The number of rotatable bonds is 14. The van der Waals surface area contributed by atoms with Crippen molar-refractivity contribution in [2.24, 2.45) is 0 Å². The average Bonchev–Trinajstić information content (AvgIpc) is 3.05. The van der Waals surface area contributed by atoms with Gasteiger partial charge in [-0.15, -0.1) is 0 Å². The average molecular weight is 598 g/mol. The number of methoxy groups -OCH3 is 3. The van der Waals surface area contributed by atoms with Crippen LogP contribution in [-0.2, 0) is 14.3 Å². The molecule has 0 N–H and O–H groups in total. The molecule has 0 saturated heterocycles. The summed E-state index contributed by atoms with van der Waals surface area (Å²) in [6.07, 6.45) is 3.42. The molecule has 4 aromatic rings. The number of ether oxygens (including phenoxy) is 5. The van der Waals surface area contributed by atoms with Crippen LogP contribution in [0.2, 0.25) is 0 Å². The van der Waals surface area contributed by atoms with Crippen molar-refractivity contribution in [1.82, 2.24) is 4.90 Å². The lowest BCUT2D eigenvalue weighted by Gasteiger charge is -2.16. The number of hydrogen-bond donors (Lipinski definition) is 0. The number of carbonyl (C=O) groups is 2. The standard InChI is InChI=1S/C36H39NO7/c1-37(20-12-22-43-33(38)18-17-26-23-31(40-2)35(42-4)32(24-26)41-3)19-10-5-11-21-44-36(39)34-29-15-8-6-13-27(29)25-28-14-7-9-16-30(28)34/h6-9,13-16,23-25H,5,10-12,19-22H2,1-4H3. The Hall–Kier alpha value is -4.74. The Labute approximate surface area is 258 Å². The normalized spacial score (nSPS) is 10.8. The Morgan fingerprint density at radius 3 is 1.91 bits per heavy atom. The highest BCUT2D eigenvalue weighted by Crippen LogP contribution is 2.38. The van der Waals surface area contributed by atoms with Crippen LogP contribution in [0.1, 0.15) is 41.6 Å². The van der Waals surface area contributed by atoms with Crippen LogP contribution in [0.3, 0.4) is 0 Å². The minimum absolute atomic E-state index is 0.280. The molecule has 0 fully saturated rings. The molecule has 0 atom stereocenters. The first-order chi connectivity index (χ1) is 21.4. The van der Waals surface area contributed by atoms with Crippen molar-refractivity contribution in [2.75, 3.05) is 54.7 Å². The van der Waals surface area contributed by atoms with Crippen LogP contribution in [0.5, 0.6) is 17.2 Å². The third kappa shape index (κ3) is 8.42. The van der Waals surface area contributed by atoms with Crippen LogP contribution in [0.15, 0.2) is 66.7 Å². The zero-order valence-corrected chi connectivity index (χ0v) is 25.8. The Morgan fingerprint density at radius 2 is 1.30 bits per heavy atom. The first-order valence-electron chi connectivity index (χ1n) is 14.7. The predicted molar refractivity (Wildman–Crippen MR) is 172 cm³/mol. The SMILES string of the molecule is COc1cc(C#CC(=O)OCCCN(C)CCCCCOC(=O)c2c3ccccc3cc3ccccc23)cc(OC)c1OC. The van der Waals surface area contributed by atoms with Crippen LogP contribution >= 0.6 is 0 Å². The van der Waals surface area contributed by atoms with Gasteiger partial charge in [-0.3, -0.25) is 0 Å². The zero-order chi connectivity index (χ0) is 31.3. The molecular formula is C36H39NO7. The molecule has 0 aromatic heterocycles. The van der Waals surface area contributed by atoms with E-state index in [0.717, 1.165) is 53.9 Å². The summed E-state index contributed by atoms with van der Waals surface area (Å²) in [7, 11) is 6.60. The summed E-state index contributed by atoms with van der Waals surface area (Å²) in [6.45, 7) is 2.35. The molecule has 8 nitrogen and oxygen atoms in total. The van der Waals surface area contributed by atoms with Crippen molar-refractivity contribution >= 4 is 33.5 Å². The predicted octanol–water partition coefficient (Wildman–Crippen LogP) is 6.26. The molecule has 0 amide bonds. The van der Waals surface area contributed by atoms with E-state index in [0.29, 0.717) is 41.4 Å². The van der Waals surface area contributed by atoms with Crippen LogP contribution in [0.25, 0.3) is 21.5 Å². The zero-order valence-electron chi connectivity index (χ0n) is 25.8. The van der Waals surface area contributed by atoms with Gasteiger partial charge in [-0.1, -0.05) is 54.5 Å². The number of fused-ring (bicyclic) bond motifs is 2. The summed E-state index contributed by atoms with van der Waals surface area (Å²) in [5.74, 6) is 5.81. The van der Waals surface area contributed by atoms with E-state index >= 15 is 0 Å². The van der Waals surface area contributed by atoms with Gasteiger partial charge >= 0.3 is 11.9 Å². The van der Waals surface area contributed by atoms with Gasteiger partial charge in [0.15, 0.2) is 11.5 Å². The maximum Gasteiger partial charge on any atom is 0.384 e. The molecule has 4 rings (SSSR count). The van der Waals surface area contributed by atoms with Crippen LogP contribution in [0.4, 0.5) is 0 Å². The third-order valence-corrected chi connectivity index (χ3v) is 7.28. The van der Waals surface area contributed by atoms with Gasteiger partial charge in [-0.25, -0.2) is 9.59 Å². The number of carbonyl (C=O) groups excluding carboxylic acids is 2. The van der Waals surface area contributed by atoms with E-state index in [4.69, 9.17) is 23.7 Å². The number of nitrogens with zero attached hydrogens (tertiary/aromatic N) is 1. The molecule has 0 saturated carbocycles. The highest BCUT2D eigenvalue weighted by Gasteiger charge is 2.16. The third-order valence-electron chi connectivity index (χ3n) is 7.28. The second kappa shape index (κ2) is 16.2. The molecule has 0 aliphatic rings. The van der Waals surface area contributed by atoms with Crippen molar-refractivity contribution in [3.63, 3.8) is 0 Å². The molecule has 0 spiro atoms. The smallest absolute Gasteiger partial charge is 0.384 e. The Bertz CT molecular complexity index is 1570. The van der Waals surface area contributed by atoms with Crippen LogP contribution < -0.4 is 14.2 Å². The maximum absolute atomic E-state index is 13.1. The second-order valence-corrected chi connectivity index (χ2v) is 10.3. The Morgan fingerprint density at radius 1 is 0.705 bits per heavy atom. The van der Waals surface area contributed by atoms with Crippen molar-refractivity contribution in [3.05, 3.63) is 77.9 Å². The fraction of sp³-hybridized carbons (Fsp3) is 0.333. The van der Waals surface area contributed by atoms with E-state index in [2.05, 4.69) is 22.8 Å². The molecular weight excluding hydrogens is 558 g/mol. The Kier molecular flexibility index (Phi) is 11.8. The molecule has 8 heteroatoms. The lowest BCUT2D eigenvalue weighted by atomic mass is 9.97. The van der Waals surface area contributed by atoms with Gasteiger partial charge in [0.2, 0.25) is 5.75 Å². The summed E-state index contributed by atoms with van der Waals surface area (Å²) in [4.78, 5) is 27.4. The minimum Gasteiger partial charge on any atom is -0.493 e. The first kappa shape index (κ1) is 32.2. The summed E-state index contributed by atoms with van der Waals surface area (Å²) >= 11 is 0. The van der Waals surface area contributed by atoms with E-state index in [1.165, 1.54) is 21.3 Å². The fourth-order valence-electron chi connectivity index (χ4n) is 5.05. The lowest BCUT2D eigenvalue weighted by Crippen LogP contribution is -2.22. The number of esters is 2. The molecule has 230 valence electrons. The van der Waals surface area contributed by atoms with Crippen molar-refractivity contribution in [3.8, 4) is 29.1 Å². The van der Waals surface area contributed by atoms with Crippen molar-refractivity contribution < 1.29 is 33.3 Å². The van der Waals surface area contributed by atoms with E-state index in [1.807, 2.05) is 55.6 Å². The summed E-state index contributed by atoms with van der Waals surface area (Å²) < 4.78 is 26.9. The van der Waals surface area contributed by atoms with Gasteiger partial charge < -0.3 is 28.6 Å². The first-order valence-corrected chi connectivity index (χ1v) is 14.7. The largest absolute Gasteiger partial charge is 0.493 e. The van der Waals surface area contributed by atoms with Crippen molar-refractivity contribution in [2.45, 2.75) is 25.7 Å². The van der Waals surface area contributed by atoms with E-state index in [9.17, 15) is 9.59 Å². The maximum atomic E-state index is 13.1. The van der Waals surface area contributed by atoms with E-state index < -0.39 is 5.97 Å². The fourth-order valence-corrected chi connectivity index (χ4v) is 5.05. The summed E-state index contributed by atoms with van der Waals surface area (Å²) in [6, 6.07) is 21.3. The highest BCUT2D eigenvalue weighted by atomic mass is 16.5. The van der Waals surface area contributed by atoms with Gasteiger partial charge in [-0.2, -0.15) is 0 Å². The molecule has 0 radical (unpaired) electrons. The molecule has 0 bridgehead atoms. The molecule has 0 unspecified atom stereocenters. The van der Waals surface area contributed by atoms with E-state index in [1.54, 1.807) is 12.1 Å². The molecule has 4 aromatic carbocycles.